The maximum atomic E-state index is 12.7. The van der Waals surface area contributed by atoms with E-state index in [9.17, 15) is 4.79 Å². The third-order valence-electron chi connectivity index (χ3n) is 7.20. The van der Waals surface area contributed by atoms with Gasteiger partial charge in [0.2, 0.25) is 5.95 Å². The number of benzene rings is 2. The second-order valence-corrected chi connectivity index (χ2v) is 10.8. The molecule has 0 spiro atoms. The molecule has 11 nitrogen and oxygen atoms in total. The summed E-state index contributed by atoms with van der Waals surface area (Å²) in [5, 5.41) is 14.5. The number of hydrogen-bond acceptors (Lipinski definition) is 9. The van der Waals surface area contributed by atoms with Crippen molar-refractivity contribution in [3.05, 3.63) is 52.8 Å². The van der Waals surface area contributed by atoms with Crippen LogP contribution in [0, 0.1) is 0 Å². The summed E-state index contributed by atoms with van der Waals surface area (Å²) in [4.78, 5) is 26.7. The van der Waals surface area contributed by atoms with Gasteiger partial charge in [-0.2, -0.15) is 10.1 Å². The monoisotopic (exact) mass is 607 g/mol. The maximum Gasteiger partial charge on any atom is 0.253 e. The van der Waals surface area contributed by atoms with Crippen molar-refractivity contribution in [1.29, 1.82) is 0 Å². The Morgan fingerprint density at radius 3 is 2.52 bits per heavy atom. The molecule has 5 rings (SSSR count). The number of aromatic nitrogens is 4. The molecule has 40 heavy (non-hydrogen) atoms. The van der Waals surface area contributed by atoms with E-state index in [1.807, 2.05) is 31.3 Å². The Labute approximate surface area is 242 Å². The molecule has 0 unspecified atom stereocenters. The van der Waals surface area contributed by atoms with Gasteiger partial charge in [-0.1, -0.05) is 0 Å². The summed E-state index contributed by atoms with van der Waals surface area (Å²) in [7, 11) is 5.10. The fraction of sp³-hybridized carbons (Fsp3) is 0.357. The number of carbonyl (C=O) groups is 1. The van der Waals surface area contributed by atoms with E-state index >= 15 is 0 Å². The lowest BCUT2D eigenvalue weighted by Crippen LogP contribution is -2.48. The molecule has 12 heteroatoms. The van der Waals surface area contributed by atoms with Crippen LogP contribution in [-0.4, -0.2) is 76.9 Å². The number of nitrogens with one attached hydrogen (secondary N) is 3. The van der Waals surface area contributed by atoms with Crippen LogP contribution in [0.2, 0.25) is 0 Å². The minimum atomic E-state index is -0.218. The normalized spacial score (nSPS) is 14.0. The fourth-order valence-electron chi connectivity index (χ4n) is 4.87. The molecule has 1 aliphatic heterocycles. The van der Waals surface area contributed by atoms with Gasteiger partial charge < -0.3 is 25.6 Å². The van der Waals surface area contributed by atoms with Crippen LogP contribution in [0.3, 0.4) is 0 Å². The van der Waals surface area contributed by atoms with E-state index in [1.165, 1.54) is 0 Å². The molecule has 1 amide bonds. The quantitative estimate of drug-likeness (QED) is 0.266. The predicted molar refractivity (Wildman–Crippen MR) is 162 cm³/mol. The molecule has 0 saturated carbocycles. The van der Waals surface area contributed by atoms with E-state index in [2.05, 4.69) is 76.7 Å². The van der Waals surface area contributed by atoms with Crippen LogP contribution in [0.15, 0.2) is 47.2 Å². The Bertz CT molecular complexity index is 1530. The highest BCUT2D eigenvalue weighted by molar-refractivity contribution is 9.10. The van der Waals surface area contributed by atoms with Gasteiger partial charge in [-0.15, -0.1) is 0 Å². The fourth-order valence-corrected chi connectivity index (χ4v) is 5.16. The lowest BCUT2D eigenvalue weighted by Gasteiger charge is -2.38. The van der Waals surface area contributed by atoms with Crippen molar-refractivity contribution in [2.75, 3.05) is 55.9 Å². The predicted octanol–water partition coefficient (Wildman–Crippen LogP) is 4.51. The second kappa shape index (κ2) is 11.7. The first-order valence-electron chi connectivity index (χ1n) is 13.2. The number of piperazine rings is 1. The Balaban J connectivity index is 1.38. The molecule has 0 radical (unpaired) electrons. The number of rotatable bonds is 8. The number of amides is 1. The lowest BCUT2D eigenvalue weighted by molar-refractivity contribution is 0.0964. The second-order valence-electron chi connectivity index (χ2n) is 9.95. The number of anilines is 5. The highest BCUT2D eigenvalue weighted by Crippen LogP contribution is 2.34. The lowest BCUT2D eigenvalue weighted by atomic mass is 10.1. The Kier molecular flexibility index (Phi) is 8.08. The smallest absolute Gasteiger partial charge is 0.253 e. The number of ether oxygens (including phenoxy) is 1. The highest BCUT2D eigenvalue weighted by Gasteiger charge is 2.20. The third-order valence-corrected chi connectivity index (χ3v) is 7.78. The standard InChI is InChI=1S/C28H34BrN9O2/c1-17(2)37-8-10-38(11-9-37)19-6-7-22(25(13-19)40-5)34-28-31-16-21(29)26(35-28)33-23-12-18-15-32-36(4)24(18)14-20(23)27(39)30-3/h6-7,12-17H,8-11H2,1-5H3,(H,30,39)(H2,31,33,34,35). The van der Waals surface area contributed by atoms with Gasteiger partial charge in [0, 0.05) is 69.7 Å². The summed E-state index contributed by atoms with van der Waals surface area (Å²) in [6.45, 7) is 8.51. The first-order valence-corrected chi connectivity index (χ1v) is 14.0. The zero-order valence-corrected chi connectivity index (χ0v) is 24.9. The van der Waals surface area contributed by atoms with Crippen molar-refractivity contribution >= 4 is 61.6 Å². The van der Waals surface area contributed by atoms with Crippen LogP contribution in [0.25, 0.3) is 10.9 Å². The van der Waals surface area contributed by atoms with Crippen LogP contribution in [0.1, 0.15) is 24.2 Å². The van der Waals surface area contributed by atoms with Gasteiger partial charge in [-0.05, 0) is 54.0 Å². The number of hydrogen-bond donors (Lipinski definition) is 3. The van der Waals surface area contributed by atoms with E-state index < -0.39 is 0 Å². The molecule has 1 aliphatic rings. The van der Waals surface area contributed by atoms with E-state index in [0.717, 1.165) is 48.5 Å². The minimum Gasteiger partial charge on any atom is -0.494 e. The Hall–Kier alpha value is -3.90. The van der Waals surface area contributed by atoms with Gasteiger partial charge in [0.1, 0.15) is 11.6 Å². The van der Waals surface area contributed by atoms with Crippen LogP contribution < -0.4 is 25.6 Å². The van der Waals surface area contributed by atoms with Crippen molar-refractivity contribution in [3.8, 4) is 5.75 Å². The van der Waals surface area contributed by atoms with Gasteiger partial charge >= 0.3 is 0 Å². The summed E-state index contributed by atoms with van der Waals surface area (Å²) in [5.41, 5.74) is 3.81. The van der Waals surface area contributed by atoms with Crippen molar-refractivity contribution in [2.24, 2.45) is 7.05 Å². The van der Waals surface area contributed by atoms with E-state index in [4.69, 9.17) is 4.74 Å². The molecule has 1 fully saturated rings. The molecular formula is C28H34BrN9O2. The Morgan fingerprint density at radius 2 is 1.82 bits per heavy atom. The van der Waals surface area contributed by atoms with Gasteiger partial charge in [0.25, 0.3) is 5.91 Å². The summed E-state index contributed by atoms with van der Waals surface area (Å²) >= 11 is 3.53. The molecule has 3 N–H and O–H groups in total. The topological polar surface area (TPSA) is 112 Å². The van der Waals surface area contributed by atoms with Gasteiger partial charge in [-0.25, -0.2) is 4.98 Å². The van der Waals surface area contributed by atoms with E-state index in [1.54, 1.807) is 31.2 Å². The highest BCUT2D eigenvalue weighted by atomic mass is 79.9. The molecule has 3 heterocycles. The van der Waals surface area contributed by atoms with Crippen LogP contribution in [0.5, 0.6) is 5.75 Å². The summed E-state index contributed by atoms with van der Waals surface area (Å²) in [6.07, 6.45) is 3.42. The molecule has 4 aromatic rings. The molecule has 0 bridgehead atoms. The minimum absolute atomic E-state index is 0.218. The summed E-state index contributed by atoms with van der Waals surface area (Å²) in [5.74, 6) is 1.37. The zero-order valence-electron chi connectivity index (χ0n) is 23.3. The molecular weight excluding hydrogens is 574 g/mol. The van der Waals surface area contributed by atoms with Crippen molar-refractivity contribution in [3.63, 3.8) is 0 Å². The molecule has 210 valence electrons. The molecule has 2 aromatic carbocycles. The largest absolute Gasteiger partial charge is 0.494 e. The van der Waals surface area contributed by atoms with Gasteiger partial charge in [0.05, 0.1) is 40.2 Å². The number of nitrogens with zero attached hydrogens (tertiary/aromatic N) is 6. The van der Waals surface area contributed by atoms with Crippen molar-refractivity contribution < 1.29 is 9.53 Å². The number of methoxy groups -OCH3 is 1. The van der Waals surface area contributed by atoms with Crippen LogP contribution >= 0.6 is 15.9 Å². The average Bonchev–Trinajstić information content (AvgIpc) is 3.33. The molecule has 0 aliphatic carbocycles. The number of halogens is 1. The summed E-state index contributed by atoms with van der Waals surface area (Å²) < 4.78 is 8.11. The molecule has 0 atom stereocenters. The van der Waals surface area contributed by atoms with Crippen LogP contribution in [-0.2, 0) is 7.05 Å². The SMILES string of the molecule is CNC(=O)c1cc2c(cnn2C)cc1Nc1nc(Nc2ccc(N3CCN(C(C)C)CC3)cc2OC)ncc1Br. The average molecular weight is 609 g/mol. The first kappa shape index (κ1) is 27.7. The Morgan fingerprint density at radius 1 is 1.05 bits per heavy atom. The first-order chi connectivity index (χ1) is 19.3. The number of carbonyl (C=O) groups excluding carboxylic acids is 1. The van der Waals surface area contributed by atoms with Gasteiger partial charge in [-0.3, -0.25) is 14.4 Å². The van der Waals surface area contributed by atoms with Crippen molar-refractivity contribution in [2.45, 2.75) is 19.9 Å². The third kappa shape index (κ3) is 5.68. The van der Waals surface area contributed by atoms with Crippen molar-refractivity contribution in [1.82, 2.24) is 30.0 Å². The molecule has 2 aromatic heterocycles. The van der Waals surface area contributed by atoms with Crippen LogP contribution in [0.4, 0.5) is 28.8 Å². The maximum absolute atomic E-state index is 12.7. The molecule has 1 saturated heterocycles. The summed E-state index contributed by atoms with van der Waals surface area (Å²) in [6, 6.07) is 10.4. The van der Waals surface area contributed by atoms with E-state index in [-0.39, 0.29) is 5.91 Å². The number of fused-ring (bicyclic) bond motifs is 1. The number of aryl methyl sites for hydroxylation is 1. The zero-order chi connectivity index (χ0) is 28.4. The van der Waals surface area contributed by atoms with Gasteiger partial charge in [0.15, 0.2) is 0 Å². The van der Waals surface area contributed by atoms with E-state index in [0.29, 0.717) is 39.3 Å².